The number of benzene rings is 1. The van der Waals surface area contributed by atoms with Crippen molar-refractivity contribution in [1.29, 1.82) is 0 Å². The van der Waals surface area contributed by atoms with E-state index in [2.05, 4.69) is 0 Å². The predicted molar refractivity (Wildman–Crippen MR) is 69.6 cm³/mol. The summed E-state index contributed by atoms with van der Waals surface area (Å²) in [5, 5.41) is 9.02. The lowest BCUT2D eigenvalue weighted by Gasteiger charge is -2.26. The Bertz CT molecular complexity index is 467. The molecule has 19 heavy (non-hydrogen) atoms. The van der Waals surface area contributed by atoms with Gasteiger partial charge in [0.05, 0.1) is 0 Å². The van der Waals surface area contributed by atoms with E-state index in [-0.39, 0.29) is 5.56 Å². The second-order valence-corrected chi connectivity index (χ2v) is 4.53. The number of halogens is 1. The number of amides is 1. The van der Waals surface area contributed by atoms with Crippen LogP contribution in [0.15, 0.2) is 18.2 Å². The molecule has 0 heterocycles. The summed E-state index contributed by atoms with van der Waals surface area (Å²) in [6.07, 6.45) is 0.637. The van der Waals surface area contributed by atoms with Crippen LogP contribution in [0.25, 0.3) is 0 Å². The second kappa shape index (κ2) is 6.31. The van der Waals surface area contributed by atoms with E-state index < -0.39 is 23.7 Å². The van der Waals surface area contributed by atoms with Gasteiger partial charge < -0.3 is 10.0 Å². The number of hydrogen-bond donors (Lipinski definition) is 1. The summed E-state index contributed by atoms with van der Waals surface area (Å²) >= 11 is 0. The van der Waals surface area contributed by atoms with E-state index in [1.165, 1.54) is 17.9 Å². The molecule has 0 spiro atoms. The van der Waals surface area contributed by atoms with E-state index in [0.717, 1.165) is 6.07 Å². The zero-order valence-corrected chi connectivity index (χ0v) is 11.3. The highest BCUT2D eigenvalue weighted by Crippen LogP contribution is 2.13. The number of carbonyl (C=O) groups excluding carboxylic acids is 1. The molecule has 0 aliphatic heterocycles. The quantitative estimate of drug-likeness (QED) is 0.891. The van der Waals surface area contributed by atoms with Crippen molar-refractivity contribution in [3.8, 4) is 0 Å². The van der Waals surface area contributed by atoms with Gasteiger partial charge in [-0.3, -0.25) is 4.79 Å². The van der Waals surface area contributed by atoms with Crippen molar-refractivity contribution in [2.24, 2.45) is 0 Å². The lowest BCUT2D eigenvalue weighted by atomic mass is 10.1. The molecule has 4 nitrogen and oxygen atoms in total. The number of aryl methyl sites for hydroxylation is 1. The monoisotopic (exact) mass is 267 g/mol. The van der Waals surface area contributed by atoms with Crippen molar-refractivity contribution in [3.05, 3.63) is 35.1 Å². The van der Waals surface area contributed by atoms with Crippen molar-refractivity contribution in [1.82, 2.24) is 4.90 Å². The molecule has 104 valence electrons. The van der Waals surface area contributed by atoms with Crippen LogP contribution < -0.4 is 0 Å². The Balaban J connectivity index is 3.08. The Hall–Kier alpha value is -1.91. The standard InChI is InChI=1S/C14H18FNO3/c1-4-5-16(10(3)14(18)19)13(17)11-6-9(2)7-12(15)8-11/h6-8,10H,4-5H2,1-3H3,(H,18,19). The largest absolute Gasteiger partial charge is 0.480 e. The van der Waals surface area contributed by atoms with E-state index in [0.29, 0.717) is 18.5 Å². The first-order valence-corrected chi connectivity index (χ1v) is 6.17. The normalized spacial score (nSPS) is 12.0. The molecule has 0 radical (unpaired) electrons. The van der Waals surface area contributed by atoms with Gasteiger partial charge in [0.25, 0.3) is 5.91 Å². The van der Waals surface area contributed by atoms with Crippen LogP contribution in [0.3, 0.4) is 0 Å². The van der Waals surface area contributed by atoms with Crippen molar-refractivity contribution in [2.45, 2.75) is 33.2 Å². The molecule has 1 N–H and O–H groups in total. The van der Waals surface area contributed by atoms with Gasteiger partial charge in [-0.25, -0.2) is 9.18 Å². The summed E-state index contributed by atoms with van der Waals surface area (Å²) in [6.45, 7) is 5.31. The first-order chi connectivity index (χ1) is 8.86. The van der Waals surface area contributed by atoms with Crippen LogP contribution >= 0.6 is 0 Å². The number of nitrogens with zero attached hydrogens (tertiary/aromatic N) is 1. The summed E-state index contributed by atoms with van der Waals surface area (Å²) in [4.78, 5) is 24.5. The SMILES string of the molecule is CCCN(C(=O)c1cc(C)cc(F)c1)C(C)C(=O)O. The summed E-state index contributed by atoms with van der Waals surface area (Å²) in [7, 11) is 0. The highest BCUT2D eigenvalue weighted by atomic mass is 19.1. The molecule has 0 fully saturated rings. The number of carboxylic acid groups (broad SMARTS) is 1. The maximum atomic E-state index is 13.3. The van der Waals surface area contributed by atoms with E-state index in [4.69, 9.17) is 5.11 Å². The van der Waals surface area contributed by atoms with Crippen LogP contribution in [-0.2, 0) is 4.79 Å². The minimum absolute atomic E-state index is 0.180. The Morgan fingerprint density at radius 2 is 2.00 bits per heavy atom. The molecule has 1 unspecified atom stereocenters. The van der Waals surface area contributed by atoms with E-state index in [1.807, 2.05) is 6.92 Å². The fourth-order valence-corrected chi connectivity index (χ4v) is 1.87. The maximum Gasteiger partial charge on any atom is 0.326 e. The number of hydrogen-bond acceptors (Lipinski definition) is 2. The molecular weight excluding hydrogens is 249 g/mol. The minimum atomic E-state index is -1.07. The van der Waals surface area contributed by atoms with Crippen molar-refractivity contribution >= 4 is 11.9 Å². The fourth-order valence-electron chi connectivity index (χ4n) is 1.87. The Labute approximate surface area is 111 Å². The van der Waals surface area contributed by atoms with Crippen LogP contribution in [0, 0.1) is 12.7 Å². The highest BCUT2D eigenvalue weighted by Gasteiger charge is 2.26. The van der Waals surface area contributed by atoms with Crippen LogP contribution in [0.5, 0.6) is 0 Å². The van der Waals surface area contributed by atoms with E-state index in [1.54, 1.807) is 13.0 Å². The number of rotatable bonds is 5. The van der Waals surface area contributed by atoms with Gasteiger partial charge in [-0.1, -0.05) is 6.92 Å². The van der Waals surface area contributed by atoms with Gasteiger partial charge in [-0.15, -0.1) is 0 Å². The average Bonchev–Trinajstić information content (AvgIpc) is 2.33. The van der Waals surface area contributed by atoms with Crippen molar-refractivity contribution in [2.75, 3.05) is 6.54 Å². The molecule has 1 aromatic carbocycles. The second-order valence-electron chi connectivity index (χ2n) is 4.53. The highest BCUT2D eigenvalue weighted by molar-refractivity contribution is 5.96. The smallest absolute Gasteiger partial charge is 0.326 e. The van der Waals surface area contributed by atoms with Gasteiger partial charge in [-0.05, 0) is 44.0 Å². The first-order valence-electron chi connectivity index (χ1n) is 6.17. The summed E-state index contributed by atoms with van der Waals surface area (Å²) in [5.41, 5.74) is 0.807. The van der Waals surface area contributed by atoms with E-state index in [9.17, 15) is 14.0 Å². The maximum absolute atomic E-state index is 13.3. The van der Waals surface area contributed by atoms with Crippen LogP contribution in [-0.4, -0.2) is 34.5 Å². The van der Waals surface area contributed by atoms with Gasteiger partial charge in [-0.2, -0.15) is 0 Å². The summed E-state index contributed by atoms with van der Waals surface area (Å²) in [6, 6.07) is 3.08. The van der Waals surface area contributed by atoms with Crippen molar-refractivity contribution in [3.63, 3.8) is 0 Å². The fraction of sp³-hybridized carbons (Fsp3) is 0.429. The zero-order valence-electron chi connectivity index (χ0n) is 11.3. The minimum Gasteiger partial charge on any atom is -0.480 e. The predicted octanol–water partition coefficient (Wildman–Crippen LogP) is 2.46. The third-order valence-electron chi connectivity index (χ3n) is 2.84. The molecule has 0 aliphatic carbocycles. The molecule has 1 amide bonds. The molecule has 5 heteroatoms. The van der Waals surface area contributed by atoms with Gasteiger partial charge in [0, 0.05) is 12.1 Å². The number of aliphatic carboxylic acids is 1. The lowest BCUT2D eigenvalue weighted by Crippen LogP contribution is -2.43. The van der Waals surface area contributed by atoms with Gasteiger partial charge in [0.2, 0.25) is 0 Å². The van der Waals surface area contributed by atoms with Gasteiger partial charge in [0.1, 0.15) is 11.9 Å². The van der Waals surface area contributed by atoms with Gasteiger partial charge in [0.15, 0.2) is 0 Å². The zero-order chi connectivity index (χ0) is 14.6. The first kappa shape index (κ1) is 15.1. The summed E-state index contributed by atoms with van der Waals surface area (Å²) < 4.78 is 13.3. The van der Waals surface area contributed by atoms with Crippen LogP contribution in [0.4, 0.5) is 4.39 Å². The number of carbonyl (C=O) groups is 2. The van der Waals surface area contributed by atoms with E-state index >= 15 is 0 Å². The molecule has 0 saturated carbocycles. The third kappa shape index (κ3) is 3.77. The molecule has 0 bridgehead atoms. The van der Waals surface area contributed by atoms with Crippen LogP contribution in [0.2, 0.25) is 0 Å². The van der Waals surface area contributed by atoms with Gasteiger partial charge >= 0.3 is 5.97 Å². The molecular formula is C14H18FNO3. The Morgan fingerprint density at radius 3 is 2.47 bits per heavy atom. The molecule has 1 aromatic rings. The topological polar surface area (TPSA) is 57.6 Å². The molecule has 1 atom stereocenters. The molecule has 0 aliphatic rings. The summed E-state index contributed by atoms with van der Waals surface area (Å²) in [5.74, 6) is -2.03. The Kier molecular flexibility index (Phi) is 5.03. The van der Waals surface area contributed by atoms with Crippen molar-refractivity contribution < 1.29 is 19.1 Å². The molecule has 1 rings (SSSR count). The number of carboxylic acids is 1. The average molecular weight is 267 g/mol. The molecule has 0 saturated heterocycles. The molecule has 0 aromatic heterocycles. The lowest BCUT2D eigenvalue weighted by molar-refractivity contribution is -0.141. The Morgan fingerprint density at radius 1 is 1.37 bits per heavy atom. The van der Waals surface area contributed by atoms with Crippen LogP contribution in [0.1, 0.15) is 36.2 Å². The third-order valence-corrected chi connectivity index (χ3v) is 2.84.